The molecule has 0 aliphatic heterocycles. The summed E-state index contributed by atoms with van der Waals surface area (Å²) in [4.78, 5) is 4.05. The number of hydrogen-bond acceptors (Lipinski definition) is 5. The lowest BCUT2D eigenvalue weighted by Gasteiger charge is -2.08. The Labute approximate surface area is 118 Å². The van der Waals surface area contributed by atoms with E-state index in [1.807, 2.05) is 14.0 Å². The molecule has 0 aliphatic rings. The molecule has 0 fully saturated rings. The summed E-state index contributed by atoms with van der Waals surface area (Å²) in [5.41, 5.74) is 1.28. The van der Waals surface area contributed by atoms with E-state index in [9.17, 15) is 8.42 Å². The molecule has 8 heteroatoms. The van der Waals surface area contributed by atoms with Crippen LogP contribution >= 0.6 is 0 Å². The average Bonchev–Trinajstić information content (AvgIpc) is 2.88. The van der Waals surface area contributed by atoms with Crippen molar-refractivity contribution in [3.05, 3.63) is 36.4 Å². The summed E-state index contributed by atoms with van der Waals surface area (Å²) in [5.74, 6) is 0. The predicted molar refractivity (Wildman–Crippen MR) is 75.9 cm³/mol. The van der Waals surface area contributed by atoms with Crippen molar-refractivity contribution < 1.29 is 8.42 Å². The molecule has 108 valence electrons. The first-order valence-corrected chi connectivity index (χ1v) is 7.62. The lowest BCUT2D eigenvalue weighted by molar-refractivity contribution is 0.582. The maximum Gasteiger partial charge on any atom is 0.265 e. The monoisotopic (exact) mass is 295 g/mol. The Morgan fingerprint density at radius 2 is 2.15 bits per heavy atom. The van der Waals surface area contributed by atoms with Crippen LogP contribution in [0.15, 0.2) is 35.7 Å². The topological polar surface area (TPSA) is 88.9 Å². The van der Waals surface area contributed by atoms with Crippen LogP contribution in [0.1, 0.15) is 5.56 Å². The van der Waals surface area contributed by atoms with Crippen molar-refractivity contribution in [3.63, 3.8) is 0 Å². The number of sulfonamides is 1. The van der Waals surface area contributed by atoms with E-state index in [1.165, 1.54) is 18.6 Å². The number of anilines is 1. The highest BCUT2D eigenvalue weighted by molar-refractivity contribution is 7.92. The highest BCUT2D eigenvalue weighted by Crippen LogP contribution is 2.17. The van der Waals surface area contributed by atoms with E-state index in [2.05, 4.69) is 20.1 Å². The second-order valence-electron chi connectivity index (χ2n) is 4.34. The van der Waals surface area contributed by atoms with Crippen LogP contribution in [0, 0.1) is 6.92 Å². The summed E-state index contributed by atoms with van der Waals surface area (Å²) >= 11 is 0. The van der Waals surface area contributed by atoms with Crippen LogP contribution in [0.4, 0.5) is 5.69 Å². The van der Waals surface area contributed by atoms with E-state index < -0.39 is 10.0 Å². The van der Waals surface area contributed by atoms with Crippen LogP contribution in [0.25, 0.3) is 0 Å². The third-order valence-corrected chi connectivity index (χ3v) is 4.11. The number of nitrogens with one attached hydrogen (secondary N) is 2. The quantitative estimate of drug-likeness (QED) is 0.815. The van der Waals surface area contributed by atoms with Gasteiger partial charge in [0.25, 0.3) is 10.0 Å². The summed E-state index contributed by atoms with van der Waals surface area (Å²) in [6, 6.07) is 1.74. The Hall–Kier alpha value is -1.93. The van der Waals surface area contributed by atoms with Gasteiger partial charge in [0.2, 0.25) is 0 Å². The Bertz CT molecular complexity index is 681. The molecule has 2 N–H and O–H groups in total. The maximum atomic E-state index is 12.2. The molecule has 0 spiro atoms. The van der Waals surface area contributed by atoms with Crippen LogP contribution in [-0.2, 0) is 16.6 Å². The third-order valence-electron chi connectivity index (χ3n) is 2.79. The minimum absolute atomic E-state index is 0.136. The van der Waals surface area contributed by atoms with Gasteiger partial charge in [-0.3, -0.25) is 14.4 Å². The Morgan fingerprint density at radius 1 is 1.35 bits per heavy atom. The van der Waals surface area contributed by atoms with E-state index in [0.717, 1.165) is 12.1 Å². The van der Waals surface area contributed by atoms with E-state index in [0.29, 0.717) is 12.2 Å². The second kappa shape index (κ2) is 6.02. The molecule has 2 aromatic heterocycles. The van der Waals surface area contributed by atoms with Gasteiger partial charge < -0.3 is 5.32 Å². The second-order valence-corrected chi connectivity index (χ2v) is 6.02. The molecule has 0 saturated carbocycles. The van der Waals surface area contributed by atoms with Crippen molar-refractivity contribution in [2.24, 2.45) is 0 Å². The summed E-state index contributed by atoms with van der Waals surface area (Å²) < 4.78 is 28.6. The zero-order valence-electron chi connectivity index (χ0n) is 11.4. The lowest BCUT2D eigenvalue weighted by atomic mass is 10.3. The van der Waals surface area contributed by atoms with Crippen LogP contribution in [-0.4, -0.2) is 36.8 Å². The average molecular weight is 295 g/mol. The van der Waals surface area contributed by atoms with Crippen molar-refractivity contribution >= 4 is 15.7 Å². The Morgan fingerprint density at radius 3 is 2.85 bits per heavy atom. The van der Waals surface area contributed by atoms with Crippen LogP contribution in [0.3, 0.4) is 0 Å². The van der Waals surface area contributed by atoms with Gasteiger partial charge >= 0.3 is 0 Å². The van der Waals surface area contributed by atoms with E-state index in [4.69, 9.17) is 0 Å². The van der Waals surface area contributed by atoms with Gasteiger partial charge in [-0.25, -0.2) is 8.42 Å². The molecule has 0 aliphatic carbocycles. The van der Waals surface area contributed by atoms with Crippen molar-refractivity contribution in [2.75, 3.05) is 18.3 Å². The molecule has 0 radical (unpaired) electrons. The normalized spacial score (nSPS) is 11.5. The fraction of sp³-hybridized carbons (Fsp3) is 0.333. The molecule has 0 bridgehead atoms. The molecular weight excluding hydrogens is 278 g/mol. The first-order chi connectivity index (χ1) is 9.53. The van der Waals surface area contributed by atoms with Gasteiger partial charge in [0.05, 0.1) is 24.6 Å². The van der Waals surface area contributed by atoms with Crippen LogP contribution in [0.2, 0.25) is 0 Å². The number of aryl methyl sites for hydroxylation is 1. The summed E-state index contributed by atoms with van der Waals surface area (Å²) in [6.07, 6.45) is 5.94. The lowest BCUT2D eigenvalue weighted by Crippen LogP contribution is -2.15. The number of nitrogens with zero attached hydrogens (tertiary/aromatic N) is 3. The van der Waals surface area contributed by atoms with Gasteiger partial charge in [-0.15, -0.1) is 0 Å². The number of pyridine rings is 1. The summed E-state index contributed by atoms with van der Waals surface area (Å²) in [6.45, 7) is 3.14. The van der Waals surface area contributed by atoms with E-state index in [-0.39, 0.29) is 4.90 Å². The predicted octanol–water partition coefficient (Wildman–Crippen LogP) is 0.607. The minimum Gasteiger partial charge on any atom is -0.318 e. The number of aromatic nitrogens is 3. The number of hydrogen-bond donors (Lipinski definition) is 2. The van der Waals surface area contributed by atoms with Crippen molar-refractivity contribution in [1.82, 2.24) is 20.1 Å². The molecule has 2 heterocycles. The van der Waals surface area contributed by atoms with Gasteiger partial charge in [-0.2, -0.15) is 5.10 Å². The van der Waals surface area contributed by atoms with Crippen LogP contribution < -0.4 is 10.0 Å². The third kappa shape index (κ3) is 3.34. The Kier molecular flexibility index (Phi) is 4.35. The van der Waals surface area contributed by atoms with Crippen molar-refractivity contribution in [1.29, 1.82) is 0 Å². The van der Waals surface area contributed by atoms with Gasteiger partial charge in [-0.05, 0) is 25.6 Å². The molecule has 0 unspecified atom stereocenters. The molecule has 2 rings (SSSR count). The molecule has 0 amide bonds. The van der Waals surface area contributed by atoms with Gasteiger partial charge in [0.15, 0.2) is 0 Å². The smallest absolute Gasteiger partial charge is 0.265 e. The summed E-state index contributed by atoms with van der Waals surface area (Å²) in [7, 11) is -1.81. The molecule has 20 heavy (non-hydrogen) atoms. The number of rotatable bonds is 6. The molecule has 0 aromatic carbocycles. The zero-order valence-corrected chi connectivity index (χ0v) is 12.2. The van der Waals surface area contributed by atoms with Gasteiger partial charge in [0.1, 0.15) is 4.90 Å². The van der Waals surface area contributed by atoms with Gasteiger partial charge in [-0.1, -0.05) is 0 Å². The van der Waals surface area contributed by atoms with Crippen LogP contribution in [0.5, 0.6) is 0 Å². The first-order valence-electron chi connectivity index (χ1n) is 6.13. The fourth-order valence-electron chi connectivity index (χ4n) is 1.61. The maximum absolute atomic E-state index is 12.2. The van der Waals surface area contributed by atoms with Crippen molar-refractivity contribution in [3.8, 4) is 0 Å². The first kappa shape index (κ1) is 14.5. The summed E-state index contributed by atoms with van der Waals surface area (Å²) in [5, 5.41) is 7.00. The number of likely N-dealkylation sites (N-methyl/N-ethyl adjacent to an activating group) is 1. The van der Waals surface area contributed by atoms with E-state index in [1.54, 1.807) is 16.9 Å². The molecular formula is C12H17N5O2S. The molecule has 0 atom stereocenters. The minimum atomic E-state index is -3.63. The van der Waals surface area contributed by atoms with Crippen molar-refractivity contribution in [2.45, 2.75) is 18.4 Å². The molecule has 7 nitrogen and oxygen atoms in total. The largest absolute Gasteiger partial charge is 0.318 e. The molecule has 2 aromatic rings. The molecule has 0 saturated heterocycles. The van der Waals surface area contributed by atoms with Gasteiger partial charge in [0, 0.05) is 18.9 Å². The Balaban J connectivity index is 2.18. The van der Waals surface area contributed by atoms with E-state index >= 15 is 0 Å². The zero-order chi connectivity index (χ0) is 14.6. The fourth-order valence-corrected chi connectivity index (χ4v) is 2.67. The highest BCUT2D eigenvalue weighted by atomic mass is 32.2. The standard InChI is InChI=1S/C12H17N5O2S/c1-10-3-4-14-8-12(10)16-20(18,19)11-7-15-17(9-11)6-5-13-2/h3-4,7-9,13,16H,5-6H2,1-2H3. The highest BCUT2D eigenvalue weighted by Gasteiger charge is 2.17. The SMILES string of the molecule is CNCCn1cc(S(=O)(=O)Nc2cnccc2C)cn1.